The first-order valence-corrected chi connectivity index (χ1v) is 4.93. The van der Waals surface area contributed by atoms with E-state index in [9.17, 15) is 9.59 Å². The van der Waals surface area contributed by atoms with Crippen molar-refractivity contribution in [3.63, 3.8) is 0 Å². The van der Waals surface area contributed by atoms with Gasteiger partial charge >= 0.3 is 5.97 Å². The second-order valence-corrected chi connectivity index (χ2v) is 3.16. The highest BCUT2D eigenvalue weighted by Crippen LogP contribution is 2.11. The van der Waals surface area contributed by atoms with E-state index < -0.39 is 11.9 Å². The molecule has 0 unspecified atom stereocenters. The number of amides is 1. The summed E-state index contributed by atoms with van der Waals surface area (Å²) in [5.41, 5.74) is 6.65. The first kappa shape index (κ1) is 12.0. The lowest BCUT2D eigenvalue weighted by atomic mass is 10.2. The van der Waals surface area contributed by atoms with Gasteiger partial charge in [0.2, 0.25) is 5.91 Å². The van der Waals surface area contributed by atoms with E-state index in [-0.39, 0.29) is 13.0 Å². The zero-order chi connectivity index (χ0) is 12.0. The highest BCUT2D eigenvalue weighted by molar-refractivity contribution is 6.02. The highest BCUT2D eigenvalue weighted by atomic mass is 16.5. The van der Waals surface area contributed by atoms with Crippen molar-refractivity contribution in [3.8, 4) is 0 Å². The van der Waals surface area contributed by atoms with Gasteiger partial charge in [-0.05, 0) is 25.1 Å². The van der Waals surface area contributed by atoms with E-state index in [0.29, 0.717) is 11.4 Å². The van der Waals surface area contributed by atoms with Crippen molar-refractivity contribution >= 4 is 23.3 Å². The third kappa shape index (κ3) is 4.00. The second kappa shape index (κ2) is 5.75. The fourth-order valence-electron chi connectivity index (χ4n) is 1.16. The van der Waals surface area contributed by atoms with Crippen LogP contribution < -0.4 is 11.1 Å². The van der Waals surface area contributed by atoms with Crippen LogP contribution >= 0.6 is 0 Å². The van der Waals surface area contributed by atoms with Crippen LogP contribution in [0.25, 0.3) is 0 Å². The molecular weight excluding hydrogens is 208 g/mol. The number of ether oxygens (including phenoxy) is 1. The number of carbonyl (C=O) groups is 2. The standard InChI is InChI=1S/C11H14N2O3/c1-2-16-11(15)7-10(14)13-9-5-3-4-8(12)6-9/h3-6H,2,7,12H2,1H3,(H,13,14). The van der Waals surface area contributed by atoms with Crippen molar-refractivity contribution in [2.45, 2.75) is 13.3 Å². The van der Waals surface area contributed by atoms with E-state index >= 15 is 0 Å². The Morgan fingerprint density at radius 2 is 2.19 bits per heavy atom. The quantitative estimate of drug-likeness (QED) is 0.455. The highest BCUT2D eigenvalue weighted by Gasteiger charge is 2.09. The number of nitrogens with two attached hydrogens (primary N) is 1. The largest absolute Gasteiger partial charge is 0.466 e. The molecule has 16 heavy (non-hydrogen) atoms. The summed E-state index contributed by atoms with van der Waals surface area (Å²) < 4.78 is 4.65. The smallest absolute Gasteiger partial charge is 0.315 e. The zero-order valence-electron chi connectivity index (χ0n) is 9.03. The number of hydrogen-bond donors (Lipinski definition) is 2. The number of benzene rings is 1. The van der Waals surface area contributed by atoms with Crippen molar-refractivity contribution in [1.82, 2.24) is 0 Å². The molecule has 5 heteroatoms. The molecule has 86 valence electrons. The Balaban J connectivity index is 2.48. The van der Waals surface area contributed by atoms with Crippen LogP contribution in [0.1, 0.15) is 13.3 Å². The molecule has 0 aliphatic heterocycles. The molecule has 0 radical (unpaired) electrons. The Hall–Kier alpha value is -2.04. The maximum atomic E-state index is 11.4. The van der Waals surface area contributed by atoms with Crippen LogP contribution in [-0.4, -0.2) is 18.5 Å². The van der Waals surface area contributed by atoms with Gasteiger partial charge in [0.1, 0.15) is 6.42 Å². The number of nitrogen functional groups attached to an aromatic ring is 1. The van der Waals surface area contributed by atoms with Crippen LogP contribution in [0.4, 0.5) is 11.4 Å². The van der Waals surface area contributed by atoms with Gasteiger partial charge in [-0.3, -0.25) is 9.59 Å². The van der Waals surface area contributed by atoms with Crippen LogP contribution in [0.3, 0.4) is 0 Å². The molecule has 5 nitrogen and oxygen atoms in total. The third-order valence-corrected chi connectivity index (χ3v) is 1.78. The first-order valence-electron chi connectivity index (χ1n) is 4.93. The number of esters is 1. The molecule has 0 atom stereocenters. The number of hydrogen-bond acceptors (Lipinski definition) is 4. The molecule has 1 rings (SSSR count). The normalized spacial score (nSPS) is 9.56. The summed E-state index contributed by atoms with van der Waals surface area (Å²) in [6, 6.07) is 6.73. The van der Waals surface area contributed by atoms with Crippen molar-refractivity contribution < 1.29 is 14.3 Å². The first-order chi connectivity index (χ1) is 7.61. The Morgan fingerprint density at radius 3 is 2.81 bits per heavy atom. The molecule has 0 aromatic heterocycles. The minimum Gasteiger partial charge on any atom is -0.466 e. The van der Waals surface area contributed by atoms with Crippen LogP contribution in [-0.2, 0) is 14.3 Å². The van der Waals surface area contributed by atoms with Crippen LogP contribution in [0.5, 0.6) is 0 Å². The molecule has 0 heterocycles. The van der Waals surface area contributed by atoms with Crippen molar-refractivity contribution in [2.24, 2.45) is 0 Å². The van der Waals surface area contributed by atoms with Gasteiger partial charge < -0.3 is 15.8 Å². The van der Waals surface area contributed by atoms with Gasteiger partial charge in [-0.2, -0.15) is 0 Å². The lowest BCUT2D eigenvalue weighted by Crippen LogP contribution is -2.18. The van der Waals surface area contributed by atoms with Crippen LogP contribution in [0.15, 0.2) is 24.3 Å². The Morgan fingerprint density at radius 1 is 1.44 bits per heavy atom. The van der Waals surface area contributed by atoms with Gasteiger partial charge in [0, 0.05) is 11.4 Å². The average Bonchev–Trinajstić information content (AvgIpc) is 2.17. The molecular formula is C11H14N2O3. The van der Waals surface area contributed by atoms with Gasteiger partial charge in [0.25, 0.3) is 0 Å². The Labute approximate surface area is 93.6 Å². The van der Waals surface area contributed by atoms with Crippen LogP contribution in [0.2, 0.25) is 0 Å². The molecule has 1 amide bonds. The minimum atomic E-state index is -0.538. The molecule has 0 spiro atoms. The summed E-state index contributed by atoms with van der Waals surface area (Å²) in [6.07, 6.45) is -0.289. The predicted molar refractivity (Wildman–Crippen MR) is 60.7 cm³/mol. The van der Waals surface area contributed by atoms with E-state index in [0.717, 1.165) is 0 Å². The Kier molecular flexibility index (Phi) is 4.32. The maximum Gasteiger partial charge on any atom is 0.315 e. The summed E-state index contributed by atoms with van der Waals surface area (Å²) >= 11 is 0. The summed E-state index contributed by atoms with van der Waals surface area (Å²) in [5.74, 6) is -0.951. The van der Waals surface area contributed by atoms with Gasteiger partial charge in [-0.25, -0.2) is 0 Å². The molecule has 0 aliphatic rings. The van der Waals surface area contributed by atoms with E-state index in [1.165, 1.54) is 0 Å². The molecule has 0 saturated carbocycles. The monoisotopic (exact) mass is 222 g/mol. The van der Waals surface area contributed by atoms with E-state index in [1.807, 2.05) is 0 Å². The number of anilines is 2. The molecule has 1 aromatic rings. The molecule has 1 aromatic carbocycles. The van der Waals surface area contributed by atoms with Gasteiger partial charge in [-0.1, -0.05) is 6.07 Å². The summed E-state index contributed by atoms with van der Waals surface area (Å²) in [6.45, 7) is 1.96. The van der Waals surface area contributed by atoms with Crippen molar-refractivity contribution in [3.05, 3.63) is 24.3 Å². The SMILES string of the molecule is CCOC(=O)CC(=O)Nc1cccc(N)c1. The molecule has 0 aliphatic carbocycles. The van der Waals surface area contributed by atoms with Crippen molar-refractivity contribution in [2.75, 3.05) is 17.7 Å². The zero-order valence-corrected chi connectivity index (χ0v) is 9.03. The van der Waals surface area contributed by atoms with Crippen molar-refractivity contribution in [1.29, 1.82) is 0 Å². The molecule has 0 bridgehead atoms. The second-order valence-electron chi connectivity index (χ2n) is 3.16. The maximum absolute atomic E-state index is 11.4. The minimum absolute atomic E-state index is 0.268. The number of nitrogens with one attached hydrogen (secondary N) is 1. The predicted octanol–water partition coefficient (Wildman–Crippen LogP) is 1.16. The number of rotatable bonds is 4. The Bertz CT molecular complexity index is 391. The van der Waals surface area contributed by atoms with Gasteiger partial charge in [0.05, 0.1) is 6.61 Å². The van der Waals surface area contributed by atoms with Gasteiger partial charge in [-0.15, -0.1) is 0 Å². The average molecular weight is 222 g/mol. The molecule has 3 N–H and O–H groups in total. The summed E-state index contributed by atoms with van der Waals surface area (Å²) in [5, 5.41) is 2.55. The lowest BCUT2D eigenvalue weighted by Gasteiger charge is -2.05. The van der Waals surface area contributed by atoms with E-state index in [1.54, 1.807) is 31.2 Å². The number of carbonyl (C=O) groups excluding carboxylic acids is 2. The third-order valence-electron chi connectivity index (χ3n) is 1.78. The fourth-order valence-corrected chi connectivity index (χ4v) is 1.16. The summed E-state index contributed by atoms with van der Waals surface area (Å²) in [4.78, 5) is 22.4. The van der Waals surface area contributed by atoms with E-state index in [4.69, 9.17) is 5.73 Å². The van der Waals surface area contributed by atoms with Crippen LogP contribution in [0, 0.1) is 0 Å². The molecule has 0 saturated heterocycles. The van der Waals surface area contributed by atoms with Gasteiger partial charge in [0.15, 0.2) is 0 Å². The van der Waals surface area contributed by atoms with E-state index in [2.05, 4.69) is 10.1 Å². The lowest BCUT2D eigenvalue weighted by molar-refractivity contribution is -0.145. The molecule has 0 fully saturated rings. The summed E-state index contributed by atoms with van der Waals surface area (Å²) in [7, 11) is 0. The fraction of sp³-hybridized carbons (Fsp3) is 0.273. The topological polar surface area (TPSA) is 81.4 Å².